The SMILES string of the molecule is O=C(NCC1(OCCO)CCCC1)c1ccc2ncsc2c1. The van der Waals surface area contributed by atoms with Crippen LogP contribution in [0.5, 0.6) is 0 Å². The van der Waals surface area contributed by atoms with Gasteiger partial charge in [-0.05, 0) is 31.0 Å². The van der Waals surface area contributed by atoms with Crippen LogP contribution in [0.1, 0.15) is 36.0 Å². The van der Waals surface area contributed by atoms with Crippen molar-refractivity contribution >= 4 is 27.5 Å². The van der Waals surface area contributed by atoms with Gasteiger partial charge in [-0.1, -0.05) is 12.8 Å². The molecule has 5 nitrogen and oxygen atoms in total. The molecule has 22 heavy (non-hydrogen) atoms. The summed E-state index contributed by atoms with van der Waals surface area (Å²) < 4.78 is 6.82. The average Bonchev–Trinajstić information content (AvgIpc) is 3.19. The van der Waals surface area contributed by atoms with E-state index in [1.807, 2.05) is 12.1 Å². The van der Waals surface area contributed by atoms with E-state index < -0.39 is 0 Å². The highest BCUT2D eigenvalue weighted by molar-refractivity contribution is 7.16. The number of aromatic nitrogens is 1. The molecule has 0 saturated heterocycles. The van der Waals surface area contributed by atoms with Crippen molar-refractivity contribution < 1.29 is 14.6 Å². The largest absolute Gasteiger partial charge is 0.394 e. The number of hydrogen-bond acceptors (Lipinski definition) is 5. The van der Waals surface area contributed by atoms with Crippen molar-refractivity contribution in [1.29, 1.82) is 0 Å². The number of carbonyl (C=O) groups is 1. The molecule has 0 atom stereocenters. The first kappa shape index (κ1) is 15.4. The average molecular weight is 320 g/mol. The molecule has 1 heterocycles. The first-order valence-electron chi connectivity index (χ1n) is 7.59. The van der Waals surface area contributed by atoms with Crippen LogP contribution in [0.3, 0.4) is 0 Å². The van der Waals surface area contributed by atoms with Crippen molar-refractivity contribution in [1.82, 2.24) is 10.3 Å². The Morgan fingerprint density at radius 2 is 2.23 bits per heavy atom. The molecule has 1 aliphatic rings. The zero-order valence-corrected chi connectivity index (χ0v) is 13.2. The van der Waals surface area contributed by atoms with Gasteiger partial charge in [-0.15, -0.1) is 11.3 Å². The molecule has 2 aromatic rings. The third kappa shape index (κ3) is 3.29. The number of benzene rings is 1. The molecular formula is C16H20N2O3S. The normalized spacial score (nSPS) is 17.0. The predicted octanol–water partition coefficient (Wildman–Crippen LogP) is 2.35. The van der Waals surface area contributed by atoms with Gasteiger partial charge in [0.05, 0.1) is 34.5 Å². The Kier molecular flexibility index (Phi) is 4.71. The molecular weight excluding hydrogens is 300 g/mol. The molecule has 1 aliphatic carbocycles. The van der Waals surface area contributed by atoms with Crippen LogP contribution in [0.2, 0.25) is 0 Å². The Morgan fingerprint density at radius 3 is 3.00 bits per heavy atom. The van der Waals surface area contributed by atoms with Gasteiger partial charge in [-0.3, -0.25) is 4.79 Å². The lowest BCUT2D eigenvalue weighted by atomic mass is 10.0. The van der Waals surface area contributed by atoms with Gasteiger partial charge in [0.15, 0.2) is 0 Å². The van der Waals surface area contributed by atoms with E-state index in [1.54, 1.807) is 11.6 Å². The maximum absolute atomic E-state index is 12.4. The van der Waals surface area contributed by atoms with Crippen molar-refractivity contribution in [2.45, 2.75) is 31.3 Å². The molecule has 118 valence electrons. The fraction of sp³-hybridized carbons (Fsp3) is 0.500. The molecule has 0 unspecified atom stereocenters. The molecule has 1 fully saturated rings. The van der Waals surface area contributed by atoms with Gasteiger partial charge >= 0.3 is 0 Å². The summed E-state index contributed by atoms with van der Waals surface area (Å²) in [6.45, 7) is 0.826. The Labute approximate surface area is 133 Å². The summed E-state index contributed by atoms with van der Waals surface area (Å²) in [6, 6.07) is 5.54. The minimum Gasteiger partial charge on any atom is -0.394 e. The van der Waals surface area contributed by atoms with Crippen molar-refractivity contribution in [2.24, 2.45) is 0 Å². The topological polar surface area (TPSA) is 71.5 Å². The van der Waals surface area contributed by atoms with Gasteiger partial charge in [0.25, 0.3) is 5.91 Å². The third-order valence-corrected chi connectivity index (χ3v) is 4.97. The highest BCUT2D eigenvalue weighted by Crippen LogP contribution is 2.32. The molecule has 0 aliphatic heterocycles. The number of hydrogen-bond donors (Lipinski definition) is 2. The monoisotopic (exact) mass is 320 g/mol. The van der Waals surface area contributed by atoms with Crippen LogP contribution in [0, 0.1) is 0 Å². The molecule has 0 bridgehead atoms. The third-order valence-electron chi connectivity index (χ3n) is 4.18. The quantitative estimate of drug-likeness (QED) is 0.857. The van der Waals surface area contributed by atoms with Crippen molar-refractivity contribution in [3.63, 3.8) is 0 Å². The summed E-state index contributed by atoms with van der Waals surface area (Å²) in [4.78, 5) is 16.6. The highest BCUT2D eigenvalue weighted by atomic mass is 32.1. The van der Waals surface area contributed by atoms with Gasteiger partial charge in [0, 0.05) is 12.1 Å². The van der Waals surface area contributed by atoms with Gasteiger partial charge in [0.1, 0.15) is 0 Å². The predicted molar refractivity (Wildman–Crippen MR) is 86.2 cm³/mol. The zero-order chi connectivity index (χ0) is 15.4. The van der Waals surface area contributed by atoms with Gasteiger partial charge in [0.2, 0.25) is 0 Å². The summed E-state index contributed by atoms with van der Waals surface area (Å²) in [5.74, 6) is -0.0887. The van der Waals surface area contributed by atoms with Crippen LogP contribution < -0.4 is 5.32 Å². The Bertz CT molecular complexity index is 650. The summed E-state index contributed by atoms with van der Waals surface area (Å²) in [7, 11) is 0. The van der Waals surface area contributed by atoms with E-state index in [2.05, 4.69) is 10.3 Å². The molecule has 0 spiro atoms. The Morgan fingerprint density at radius 1 is 1.41 bits per heavy atom. The summed E-state index contributed by atoms with van der Waals surface area (Å²) in [5, 5.41) is 11.9. The minimum absolute atomic E-state index is 0.0116. The standard InChI is InChI=1S/C16H20N2O3S/c19-7-8-21-16(5-1-2-6-16)10-17-15(20)12-3-4-13-14(9-12)22-11-18-13/h3-4,9,11,19H,1-2,5-8,10H2,(H,17,20). The van der Waals surface area contributed by atoms with Crippen LogP contribution >= 0.6 is 11.3 Å². The minimum atomic E-state index is -0.313. The molecule has 1 saturated carbocycles. The number of ether oxygens (including phenoxy) is 1. The van der Waals surface area contributed by atoms with Gasteiger partial charge in [-0.2, -0.15) is 0 Å². The Balaban J connectivity index is 1.65. The number of amides is 1. The second-order valence-electron chi connectivity index (χ2n) is 5.68. The maximum atomic E-state index is 12.4. The van der Waals surface area contributed by atoms with E-state index in [9.17, 15) is 4.79 Å². The molecule has 1 amide bonds. The molecule has 3 rings (SSSR count). The van der Waals surface area contributed by atoms with E-state index in [-0.39, 0.29) is 18.1 Å². The fourth-order valence-corrected chi connectivity index (χ4v) is 3.71. The zero-order valence-electron chi connectivity index (χ0n) is 12.4. The molecule has 2 N–H and O–H groups in total. The van der Waals surface area contributed by atoms with E-state index in [0.29, 0.717) is 18.7 Å². The van der Waals surface area contributed by atoms with Crippen LogP contribution in [-0.2, 0) is 4.74 Å². The number of nitrogens with one attached hydrogen (secondary N) is 1. The number of thiazole rings is 1. The number of aliphatic hydroxyl groups is 1. The summed E-state index contributed by atoms with van der Waals surface area (Å²) >= 11 is 1.53. The lowest BCUT2D eigenvalue weighted by Crippen LogP contribution is -2.43. The van der Waals surface area contributed by atoms with Crippen LogP contribution in [0.15, 0.2) is 23.7 Å². The van der Waals surface area contributed by atoms with Crippen molar-refractivity contribution in [3.8, 4) is 0 Å². The lowest BCUT2D eigenvalue weighted by Gasteiger charge is -2.29. The molecule has 1 aromatic heterocycles. The lowest BCUT2D eigenvalue weighted by molar-refractivity contribution is -0.0511. The van der Waals surface area contributed by atoms with E-state index in [1.165, 1.54) is 11.3 Å². The summed E-state index contributed by atoms with van der Waals surface area (Å²) in [6.07, 6.45) is 4.07. The number of fused-ring (bicyclic) bond motifs is 1. The number of aliphatic hydroxyl groups excluding tert-OH is 1. The van der Waals surface area contributed by atoms with Gasteiger partial charge < -0.3 is 15.2 Å². The second-order valence-corrected chi connectivity index (χ2v) is 6.57. The van der Waals surface area contributed by atoms with E-state index in [4.69, 9.17) is 9.84 Å². The first-order chi connectivity index (χ1) is 10.7. The van der Waals surface area contributed by atoms with Crippen molar-refractivity contribution in [3.05, 3.63) is 29.3 Å². The Hall–Kier alpha value is -1.50. The smallest absolute Gasteiger partial charge is 0.251 e. The number of rotatable bonds is 6. The van der Waals surface area contributed by atoms with Crippen molar-refractivity contribution in [2.75, 3.05) is 19.8 Å². The molecule has 1 aromatic carbocycles. The first-order valence-corrected chi connectivity index (χ1v) is 8.47. The van der Waals surface area contributed by atoms with Crippen LogP contribution in [-0.4, -0.2) is 41.4 Å². The fourth-order valence-electron chi connectivity index (χ4n) is 2.99. The van der Waals surface area contributed by atoms with E-state index >= 15 is 0 Å². The molecule has 6 heteroatoms. The van der Waals surface area contributed by atoms with E-state index in [0.717, 1.165) is 35.9 Å². The van der Waals surface area contributed by atoms with Crippen LogP contribution in [0.25, 0.3) is 10.2 Å². The maximum Gasteiger partial charge on any atom is 0.251 e. The van der Waals surface area contributed by atoms with Crippen LogP contribution in [0.4, 0.5) is 0 Å². The number of nitrogens with zero attached hydrogens (tertiary/aromatic N) is 1. The second kappa shape index (κ2) is 6.73. The highest BCUT2D eigenvalue weighted by Gasteiger charge is 2.35. The summed E-state index contributed by atoms with van der Waals surface area (Å²) in [5.41, 5.74) is 3.03. The van der Waals surface area contributed by atoms with Gasteiger partial charge in [-0.25, -0.2) is 4.98 Å². The number of carbonyl (C=O) groups excluding carboxylic acids is 1. The molecule has 0 radical (unpaired) electrons.